The van der Waals surface area contributed by atoms with E-state index >= 15 is 0 Å². The van der Waals surface area contributed by atoms with Gasteiger partial charge in [-0.15, -0.1) is 0 Å². The maximum atomic E-state index is 12.8. The lowest BCUT2D eigenvalue weighted by Crippen LogP contribution is -2.44. The van der Waals surface area contributed by atoms with E-state index in [1.54, 1.807) is 11.3 Å². The van der Waals surface area contributed by atoms with Gasteiger partial charge in [0, 0.05) is 30.7 Å². The van der Waals surface area contributed by atoms with Crippen molar-refractivity contribution >= 4 is 17.2 Å². The first-order valence-electron chi connectivity index (χ1n) is 7.97. The van der Waals surface area contributed by atoms with Crippen molar-refractivity contribution in [1.82, 2.24) is 5.32 Å². The minimum absolute atomic E-state index is 0.0161. The van der Waals surface area contributed by atoms with E-state index in [-0.39, 0.29) is 11.0 Å². The molecule has 3 rings (SSSR count). The second-order valence-corrected chi connectivity index (χ2v) is 6.95. The van der Waals surface area contributed by atoms with Crippen molar-refractivity contribution in [2.75, 3.05) is 19.8 Å². The van der Waals surface area contributed by atoms with E-state index in [0.29, 0.717) is 19.8 Å². The van der Waals surface area contributed by atoms with Crippen molar-refractivity contribution in [3.05, 3.63) is 57.8 Å². The van der Waals surface area contributed by atoms with Crippen molar-refractivity contribution in [2.45, 2.75) is 24.4 Å². The second kappa shape index (κ2) is 7.17. The SMILES string of the molecule is O=C(NCC1(c2ccsc2)CCOCC1)c1cccc(C(F)(F)F)c1. The number of alkyl halides is 3. The molecule has 1 N–H and O–H groups in total. The summed E-state index contributed by atoms with van der Waals surface area (Å²) in [5, 5.41) is 6.86. The highest BCUT2D eigenvalue weighted by atomic mass is 32.1. The van der Waals surface area contributed by atoms with Crippen molar-refractivity contribution in [1.29, 1.82) is 0 Å². The molecule has 1 amide bonds. The van der Waals surface area contributed by atoms with Gasteiger partial charge in [-0.25, -0.2) is 0 Å². The topological polar surface area (TPSA) is 38.3 Å². The maximum absolute atomic E-state index is 12.8. The molecule has 1 saturated heterocycles. The van der Waals surface area contributed by atoms with Crippen LogP contribution in [0.2, 0.25) is 0 Å². The van der Waals surface area contributed by atoms with E-state index in [2.05, 4.69) is 10.7 Å². The summed E-state index contributed by atoms with van der Waals surface area (Å²) in [5.41, 5.74) is 0.112. The summed E-state index contributed by atoms with van der Waals surface area (Å²) in [6.07, 6.45) is -2.92. The highest BCUT2D eigenvalue weighted by molar-refractivity contribution is 7.08. The molecule has 1 fully saturated rings. The highest BCUT2D eigenvalue weighted by Gasteiger charge is 2.35. The van der Waals surface area contributed by atoms with Gasteiger partial charge in [0.25, 0.3) is 5.91 Å². The number of thiophene rings is 1. The van der Waals surface area contributed by atoms with Crippen LogP contribution < -0.4 is 5.32 Å². The number of hydrogen-bond acceptors (Lipinski definition) is 3. The first-order valence-corrected chi connectivity index (χ1v) is 8.91. The fourth-order valence-corrected chi connectivity index (χ4v) is 3.86. The Morgan fingerprint density at radius 1 is 1.24 bits per heavy atom. The lowest BCUT2D eigenvalue weighted by molar-refractivity contribution is -0.137. The van der Waals surface area contributed by atoms with E-state index in [0.717, 1.165) is 30.5 Å². The molecular weight excluding hydrogens is 351 g/mol. The molecule has 2 aromatic rings. The van der Waals surface area contributed by atoms with Crippen LogP contribution in [0.15, 0.2) is 41.1 Å². The van der Waals surface area contributed by atoms with Crippen molar-refractivity contribution in [2.24, 2.45) is 0 Å². The van der Waals surface area contributed by atoms with E-state index in [1.807, 2.05) is 11.4 Å². The molecule has 0 bridgehead atoms. The van der Waals surface area contributed by atoms with Crippen LogP contribution >= 0.6 is 11.3 Å². The van der Waals surface area contributed by atoms with Crippen LogP contribution in [0, 0.1) is 0 Å². The van der Waals surface area contributed by atoms with Gasteiger partial charge in [-0.2, -0.15) is 24.5 Å². The van der Waals surface area contributed by atoms with Crippen LogP contribution in [0.1, 0.15) is 34.3 Å². The number of halogens is 3. The summed E-state index contributed by atoms with van der Waals surface area (Å²) >= 11 is 1.59. The van der Waals surface area contributed by atoms with E-state index in [1.165, 1.54) is 12.1 Å². The molecule has 0 aliphatic carbocycles. The van der Waals surface area contributed by atoms with E-state index in [9.17, 15) is 18.0 Å². The summed E-state index contributed by atoms with van der Waals surface area (Å²) in [4.78, 5) is 12.4. The van der Waals surface area contributed by atoms with Crippen LogP contribution in [0.5, 0.6) is 0 Å². The molecule has 3 nitrogen and oxygen atoms in total. The molecule has 1 aromatic heterocycles. The lowest BCUT2D eigenvalue weighted by Gasteiger charge is -2.37. The van der Waals surface area contributed by atoms with Crippen LogP contribution in [-0.4, -0.2) is 25.7 Å². The standard InChI is InChI=1S/C18H18F3NO2S/c19-18(20,21)14-3-1-2-13(10-14)16(23)22-12-17(5-7-24-8-6-17)15-4-9-25-11-15/h1-4,9-11H,5-8,12H2,(H,22,23). The third kappa shape index (κ3) is 4.04. The Labute approximate surface area is 147 Å². The Kier molecular flexibility index (Phi) is 5.15. The summed E-state index contributed by atoms with van der Waals surface area (Å²) < 4.78 is 43.9. The molecular formula is C18H18F3NO2S. The Morgan fingerprint density at radius 3 is 2.64 bits per heavy atom. The van der Waals surface area contributed by atoms with Crippen molar-refractivity contribution < 1.29 is 22.7 Å². The normalized spacial score (nSPS) is 17.2. The molecule has 1 aliphatic rings. The quantitative estimate of drug-likeness (QED) is 0.875. The predicted molar refractivity (Wildman–Crippen MR) is 89.8 cm³/mol. The molecule has 0 radical (unpaired) electrons. The van der Waals surface area contributed by atoms with Gasteiger partial charge in [-0.3, -0.25) is 4.79 Å². The first kappa shape index (κ1) is 17.9. The smallest absolute Gasteiger partial charge is 0.381 e. The van der Waals surface area contributed by atoms with Gasteiger partial charge >= 0.3 is 6.18 Å². The zero-order valence-electron chi connectivity index (χ0n) is 13.4. The molecule has 0 atom stereocenters. The molecule has 1 aliphatic heterocycles. The second-order valence-electron chi connectivity index (χ2n) is 6.17. The van der Waals surface area contributed by atoms with Gasteiger partial charge in [0.05, 0.1) is 5.56 Å². The monoisotopic (exact) mass is 369 g/mol. The first-order chi connectivity index (χ1) is 11.9. The fourth-order valence-electron chi connectivity index (χ4n) is 3.08. The van der Waals surface area contributed by atoms with Gasteiger partial charge in [-0.05, 0) is 53.4 Å². The van der Waals surface area contributed by atoms with Crippen LogP contribution in [0.25, 0.3) is 0 Å². The minimum Gasteiger partial charge on any atom is -0.381 e. The van der Waals surface area contributed by atoms with Crippen LogP contribution in [0.4, 0.5) is 13.2 Å². The fraction of sp³-hybridized carbons (Fsp3) is 0.389. The molecule has 0 spiro atoms. The number of amides is 1. The molecule has 25 heavy (non-hydrogen) atoms. The summed E-state index contributed by atoms with van der Waals surface area (Å²) in [6.45, 7) is 1.59. The third-order valence-electron chi connectivity index (χ3n) is 4.62. The molecule has 2 heterocycles. The number of carbonyl (C=O) groups excluding carboxylic acids is 1. The molecule has 7 heteroatoms. The Bertz CT molecular complexity index is 722. The van der Waals surface area contributed by atoms with Gasteiger partial charge < -0.3 is 10.1 Å². The average molecular weight is 369 g/mol. The number of nitrogens with one attached hydrogen (secondary N) is 1. The van der Waals surface area contributed by atoms with Gasteiger partial charge in [0.1, 0.15) is 0 Å². The van der Waals surface area contributed by atoms with E-state index < -0.39 is 17.6 Å². The maximum Gasteiger partial charge on any atom is 0.416 e. The van der Waals surface area contributed by atoms with Gasteiger partial charge in [0.2, 0.25) is 0 Å². The van der Waals surface area contributed by atoms with Crippen LogP contribution in [-0.2, 0) is 16.3 Å². The largest absolute Gasteiger partial charge is 0.416 e. The van der Waals surface area contributed by atoms with Gasteiger partial charge in [0.15, 0.2) is 0 Å². The highest BCUT2D eigenvalue weighted by Crippen LogP contribution is 2.35. The number of hydrogen-bond donors (Lipinski definition) is 1. The van der Waals surface area contributed by atoms with Gasteiger partial charge in [-0.1, -0.05) is 6.07 Å². The number of ether oxygens (including phenoxy) is 1. The molecule has 0 saturated carbocycles. The Balaban J connectivity index is 1.74. The van der Waals surface area contributed by atoms with Crippen LogP contribution in [0.3, 0.4) is 0 Å². The zero-order chi connectivity index (χ0) is 17.9. The zero-order valence-corrected chi connectivity index (χ0v) is 14.3. The summed E-state index contributed by atoms with van der Waals surface area (Å²) in [7, 11) is 0. The summed E-state index contributed by atoms with van der Waals surface area (Å²) in [6, 6.07) is 6.53. The molecule has 134 valence electrons. The average Bonchev–Trinajstić information content (AvgIpc) is 3.15. The van der Waals surface area contributed by atoms with Crippen molar-refractivity contribution in [3.63, 3.8) is 0 Å². The molecule has 1 aromatic carbocycles. The lowest BCUT2D eigenvalue weighted by atomic mass is 9.75. The number of carbonyl (C=O) groups is 1. The minimum atomic E-state index is -4.46. The summed E-state index contributed by atoms with van der Waals surface area (Å²) in [5.74, 6) is -0.493. The Morgan fingerprint density at radius 2 is 2.00 bits per heavy atom. The number of rotatable bonds is 4. The number of benzene rings is 1. The molecule has 0 unspecified atom stereocenters. The Hall–Kier alpha value is -1.86. The van der Waals surface area contributed by atoms with Crippen molar-refractivity contribution in [3.8, 4) is 0 Å². The predicted octanol–water partition coefficient (Wildman–Crippen LogP) is 4.25. The van der Waals surface area contributed by atoms with E-state index in [4.69, 9.17) is 4.74 Å². The third-order valence-corrected chi connectivity index (χ3v) is 5.31.